The first-order valence-electron chi connectivity index (χ1n) is 5.26. The Kier molecular flexibility index (Phi) is 3.78. The first kappa shape index (κ1) is 11.4. The molecule has 0 saturated carbocycles. The van der Waals surface area contributed by atoms with E-state index in [-0.39, 0.29) is 0 Å². The minimum Gasteiger partial charge on any atom is -0.0622 e. The van der Waals surface area contributed by atoms with E-state index in [2.05, 4.69) is 78.0 Å². The van der Waals surface area contributed by atoms with Crippen LogP contribution in [0.25, 0.3) is 9.15 Å². The van der Waals surface area contributed by atoms with Gasteiger partial charge in [-0.2, -0.15) is 0 Å². The standard InChI is InChI=1S/C15H13I/c1-12(13-8-4-2-5-9-13)15(16)14-10-6-3-7-11-14/h2-11H,1H3. The summed E-state index contributed by atoms with van der Waals surface area (Å²) in [5.74, 6) is 0. The summed E-state index contributed by atoms with van der Waals surface area (Å²) in [6.07, 6.45) is 0. The Labute approximate surface area is 110 Å². The van der Waals surface area contributed by atoms with E-state index in [0.29, 0.717) is 0 Å². The Hall–Kier alpha value is -1.09. The van der Waals surface area contributed by atoms with Crippen molar-refractivity contribution >= 4 is 31.7 Å². The van der Waals surface area contributed by atoms with Crippen LogP contribution in [0.2, 0.25) is 0 Å². The molecule has 0 N–H and O–H groups in total. The maximum Gasteiger partial charge on any atom is 0.0237 e. The van der Waals surface area contributed by atoms with Crippen LogP contribution >= 0.6 is 22.6 Å². The van der Waals surface area contributed by atoms with E-state index in [4.69, 9.17) is 0 Å². The minimum atomic E-state index is 1.28. The van der Waals surface area contributed by atoms with Crippen LogP contribution in [-0.2, 0) is 0 Å². The molecule has 0 saturated heterocycles. The van der Waals surface area contributed by atoms with E-state index in [1.54, 1.807) is 0 Å². The summed E-state index contributed by atoms with van der Waals surface area (Å²) >= 11 is 2.42. The fourth-order valence-electron chi connectivity index (χ4n) is 1.62. The average molecular weight is 320 g/mol. The van der Waals surface area contributed by atoms with E-state index < -0.39 is 0 Å². The van der Waals surface area contributed by atoms with Crippen molar-refractivity contribution in [2.45, 2.75) is 6.92 Å². The lowest BCUT2D eigenvalue weighted by Gasteiger charge is -2.06. The summed E-state index contributed by atoms with van der Waals surface area (Å²) in [7, 11) is 0. The van der Waals surface area contributed by atoms with Crippen LogP contribution < -0.4 is 0 Å². The van der Waals surface area contributed by atoms with Gasteiger partial charge in [-0.15, -0.1) is 0 Å². The van der Waals surface area contributed by atoms with Gasteiger partial charge in [0.1, 0.15) is 0 Å². The normalized spacial score (nSPS) is 12.1. The van der Waals surface area contributed by atoms with Crippen LogP contribution in [0.5, 0.6) is 0 Å². The third kappa shape index (κ3) is 2.53. The predicted octanol–water partition coefficient (Wildman–Crippen LogP) is 5.01. The van der Waals surface area contributed by atoms with Gasteiger partial charge in [-0.1, -0.05) is 60.7 Å². The van der Waals surface area contributed by atoms with Crippen LogP contribution in [0.1, 0.15) is 18.1 Å². The molecule has 2 aromatic carbocycles. The molecule has 0 aliphatic heterocycles. The van der Waals surface area contributed by atoms with E-state index in [1.807, 2.05) is 12.1 Å². The molecule has 2 rings (SSSR count). The van der Waals surface area contributed by atoms with E-state index >= 15 is 0 Å². The first-order chi connectivity index (χ1) is 7.79. The second-order valence-corrected chi connectivity index (χ2v) is 4.75. The Morgan fingerprint density at radius 2 is 1.19 bits per heavy atom. The summed E-state index contributed by atoms with van der Waals surface area (Å²) in [4.78, 5) is 0. The zero-order chi connectivity index (χ0) is 11.4. The zero-order valence-electron chi connectivity index (χ0n) is 9.15. The highest BCUT2D eigenvalue weighted by atomic mass is 127. The molecule has 0 bridgehead atoms. The van der Waals surface area contributed by atoms with E-state index in [9.17, 15) is 0 Å². The summed E-state index contributed by atoms with van der Waals surface area (Å²) in [5.41, 5.74) is 3.90. The highest BCUT2D eigenvalue weighted by Gasteiger charge is 2.03. The molecule has 0 aliphatic rings. The van der Waals surface area contributed by atoms with Crippen LogP contribution in [-0.4, -0.2) is 0 Å². The molecule has 1 heteroatoms. The van der Waals surface area contributed by atoms with Crippen molar-refractivity contribution in [2.24, 2.45) is 0 Å². The van der Waals surface area contributed by atoms with Gasteiger partial charge in [0.15, 0.2) is 0 Å². The van der Waals surface area contributed by atoms with Crippen LogP contribution in [0.15, 0.2) is 60.7 Å². The molecule has 0 aromatic heterocycles. The predicted molar refractivity (Wildman–Crippen MR) is 79.4 cm³/mol. The van der Waals surface area contributed by atoms with Gasteiger partial charge < -0.3 is 0 Å². The zero-order valence-corrected chi connectivity index (χ0v) is 11.3. The number of hydrogen-bond donors (Lipinski definition) is 0. The molecule has 0 fully saturated rings. The smallest absolute Gasteiger partial charge is 0.0237 e. The molecular weight excluding hydrogens is 307 g/mol. The Morgan fingerprint density at radius 3 is 1.69 bits per heavy atom. The molecule has 0 spiro atoms. The van der Waals surface area contributed by atoms with Crippen LogP contribution in [0, 0.1) is 0 Å². The van der Waals surface area contributed by atoms with Gasteiger partial charge in [0.05, 0.1) is 0 Å². The van der Waals surface area contributed by atoms with E-state index in [1.165, 1.54) is 20.3 Å². The highest BCUT2D eigenvalue weighted by Crippen LogP contribution is 2.30. The van der Waals surface area contributed by atoms with E-state index in [0.717, 1.165) is 0 Å². The second kappa shape index (κ2) is 5.30. The summed E-state index contributed by atoms with van der Waals surface area (Å²) in [5, 5.41) is 0. The van der Waals surface area contributed by atoms with Crippen molar-refractivity contribution in [1.82, 2.24) is 0 Å². The molecule has 0 atom stereocenters. The van der Waals surface area contributed by atoms with Crippen molar-refractivity contribution < 1.29 is 0 Å². The maximum absolute atomic E-state index is 2.42. The number of halogens is 1. The van der Waals surface area contributed by atoms with Gasteiger partial charge in [0, 0.05) is 3.58 Å². The lowest BCUT2D eigenvalue weighted by Crippen LogP contribution is -1.83. The average Bonchev–Trinajstić information content (AvgIpc) is 2.39. The van der Waals surface area contributed by atoms with Crippen molar-refractivity contribution in [3.05, 3.63) is 71.8 Å². The van der Waals surface area contributed by atoms with Gasteiger partial charge in [0.25, 0.3) is 0 Å². The van der Waals surface area contributed by atoms with Crippen molar-refractivity contribution in [3.63, 3.8) is 0 Å². The largest absolute Gasteiger partial charge is 0.0622 e. The second-order valence-electron chi connectivity index (χ2n) is 3.67. The molecule has 0 heterocycles. The van der Waals surface area contributed by atoms with Crippen LogP contribution in [0.4, 0.5) is 0 Å². The maximum atomic E-state index is 2.42. The van der Waals surface area contributed by atoms with Gasteiger partial charge in [-0.05, 0) is 46.2 Å². The molecule has 2 aromatic rings. The van der Waals surface area contributed by atoms with Gasteiger partial charge >= 0.3 is 0 Å². The molecule has 0 nitrogen and oxygen atoms in total. The molecule has 0 unspecified atom stereocenters. The molecular formula is C15H13I. The lowest BCUT2D eigenvalue weighted by atomic mass is 10.0. The number of benzene rings is 2. The van der Waals surface area contributed by atoms with Crippen molar-refractivity contribution in [2.75, 3.05) is 0 Å². The first-order valence-corrected chi connectivity index (χ1v) is 6.34. The Bertz CT molecular complexity index is 436. The molecule has 0 aliphatic carbocycles. The number of rotatable bonds is 2. The van der Waals surface area contributed by atoms with Crippen LogP contribution in [0.3, 0.4) is 0 Å². The van der Waals surface area contributed by atoms with Gasteiger partial charge in [-0.25, -0.2) is 0 Å². The quantitative estimate of drug-likeness (QED) is 0.539. The molecule has 80 valence electrons. The molecule has 0 amide bonds. The lowest BCUT2D eigenvalue weighted by molar-refractivity contribution is 1.57. The third-order valence-electron chi connectivity index (χ3n) is 2.56. The summed E-state index contributed by atoms with van der Waals surface area (Å²) in [6.45, 7) is 2.17. The van der Waals surface area contributed by atoms with Gasteiger partial charge in [-0.3, -0.25) is 0 Å². The molecule has 16 heavy (non-hydrogen) atoms. The number of allylic oxidation sites excluding steroid dienone is 1. The minimum absolute atomic E-state index is 1.28. The number of hydrogen-bond acceptors (Lipinski definition) is 0. The highest BCUT2D eigenvalue weighted by molar-refractivity contribution is 14.1. The van der Waals surface area contributed by atoms with Crippen molar-refractivity contribution in [1.29, 1.82) is 0 Å². The Balaban J connectivity index is 2.43. The monoisotopic (exact) mass is 320 g/mol. The van der Waals surface area contributed by atoms with Crippen molar-refractivity contribution in [3.8, 4) is 0 Å². The fraction of sp³-hybridized carbons (Fsp3) is 0.0667. The Morgan fingerprint density at radius 1 is 0.750 bits per heavy atom. The topological polar surface area (TPSA) is 0 Å². The molecule has 0 radical (unpaired) electrons. The van der Waals surface area contributed by atoms with Gasteiger partial charge in [0.2, 0.25) is 0 Å². The SMILES string of the molecule is CC(=C(I)c1ccccc1)c1ccccc1. The summed E-state index contributed by atoms with van der Waals surface area (Å²) in [6, 6.07) is 21.0. The summed E-state index contributed by atoms with van der Waals surface area (Å²) < 4.78 is 1.31. The third-order valence-corrected chi connectivity index (χ3v) is 4.00. The fourth-order valence-corrected chi connectivity index (χ4v) is 2.29.